The molecule has 112 valence electrons. The first-order chi connectivity index (χ1) is 10.3. The van der Waals surface area contributed by atoms with E-state index in [1.165, 1.54) is 16.9 Å². The van der Waals surface area contributed by atoms with Gasteiger partial charge in [-0.05, 0) is 24.6 Å². The molecule has 0 saturated carbocycles. The van der Waals surface area contributed by atoms with Crippen LogP contribution in [0.5, 0.6) is 0 Å². The molecule has 1 fully saturated rings. The monoisotopic (exact) mass is 285 g/mol. The number of rotatable bonds is 5. The average molecular weight is 285 g/mol. The van der Waals surface area contributed by atoms with Crippen molar-refractivity contribution in [3.8, 4) is 0 Å². The Morgan fingerprint density at radius 1 is 1.29 bits per heavy atom. The van der Waals surface area contributed by atoms with Crippen LogP contribution < -0.4 is 15.5 Å². The van der Waals surface area contributed by atoms with Crippen LogP contribution in [0.4, 0.5) is 11.4 Å². The quantitative estimate of drug-likeness (QED) is 0.879. The van der Waals surface area contributed by atoms with Crippen LogP contribution in [0, 0.1) is 0 Å². The smallest absolute Gasteiger partial charge is 0.0753 e. The molecule has 3 rings (SSSR count). The van der Waals surface area contributed by atoms with Gasteiger partial charge in [-0.25, -0.2) is 0 Å². The number of hydrogen-bond donors (Lipinski definition) is 2. The normalized spacial score (nSPS) is 15.2. The summed E-state index contributed by atoms with van der Waals surface area (Å²) >= 11 is 0. The second-order valence-electron chi connectivity index (χ2n) is 5.36. The molecule has 0 aliphatic carbocycles. The van der Waals surface area contributed by atoms with Crippen molar-refractivity contribution in [1.29, 1.82) is 0 Å². The predicted octanol–water partition coefficient (Wildman–Crippen LogP) is 1.77. The van der Waals surface area contributed by atoms with Crippen molar-refractivity contribution in [2.45, 2.75) is 13.5 Å². The van der Waals surface area contributed by atoms with Gasteiger partial charge in [0.1, 0.15) is 0 Å². The molecule has 1 aliphatic rings. The summed E-state index contributed by atoms with van der Waals surface area (Å²) in [6, 6.07) is 8.53. The Bertz CT molecular complexity index is 572. The standard InChI is InChI=1S/C16H23N5/c1-2-18-15-5-3-4-14(10-15)12-21-13-16(11-19-21)20-8-6-17-7-9-20/h3-5,10-11,13,17-18H,2,6-9,12H2,1H3. The van der Waals surface area contributed by atoms with E-state index in [0.717, 1.165) is 39.3 Å². The molecule has 2 aromatic rings. The van der Waals surface area contributed by atoms with E-state index in [0.29, 0.717) is 0 Å². The van der Waals surface area contributed by atoms with Crippen molar-refractivity contribution < 1.29 is 0 Å². The molecular weight excluding hydrogens is 262 g/mol. The van der Waals surface area contributed by atoms with Crippen molar-refractivity contribution in [1.82, 2.24) is 15.1 Å². The number of nitrogens with one attached hydrogen (secondary N) is 2. The first kappa shape index (κ1) is 13.9. The summed E-state index contributed by atoms with van der Waals surface area (Å²) in [4.78, 5) is 2.38. The van der Waals surface area contributed by atoms with Crippen molar-refractivity contribution in [3.05, 3.63) is 42.2 Å². The molecule has 0 atom stereocenters. The minimum Gasteiger partial charge on any atom is -0.385 e. The highest BCUT2D eigenvalue weighted by Gasteiger charge is 2.12. The van der Waals surface area contributed by atoms with Gasteiger partial charge in [0.25, 0.3) is 0 Å². The van der Waals surface area contributed by atoms with Crippen LogP contribution in [-0.4, -0.2) is 42.5 Å². The molecule has 1 aromatic carbocycles. The fraction of sp³-hybridized carbons (Fsp3) is 0.438. The van der Waals surface area contributed by atoms with E-state index in [1.54, 1.807) is 0 Å². The lowest BCUT2D eigenvalue weighted by Crippen LogP contribution is -2.43. The van der Waals surface area contributed by atoms with Crippen LogP contribution in [0.1, 0.15) is 12.5 Å². The van der Waals surface area contributed by atoms with Gasteiger partial charge >= 0.3 is 0 Å². The Morgan fingerprint density at radius 3 is 2.95 bits per heavy atom. The predicted molar refractivity (Wildman–Crippen MR) is 87.0 cm³/mol. The molecule has 0 amide bonds. The van der Waals surface area contributed by atoms with E-state index in [2.05, 4.69) is 58.0 Å². The van der Waals surface area contributed by atoms with Gasteiger partial charge < -0.3 is 15.5 Å². The van der Waals surface area contributed by atoms with Crippen molar-refractivity contribution in [3.63, 3.8) is 0 Å². The van der Waals surface area contributed by atoms with Crippen LogP contribution in [0.3, 0.4) is 0 Å². The fourth-order valence-electron chi connectivity index (χ4n) is 2.70. The molecule has 0 spiro atoms. The topological polar surface area (TPSA) is 45.1 Å². The number of benzene rings is 1. The zero-order valence-electron chi connectivity index (χ0n) is 12.5. The van der Waals surface area contributed by atoms with Gasteiger partial charge in [0.2, 0.25) is 0 Å². The van der Waals surface area contributed by atoms with Gasteiger partial charge in [-0.2, -0.15) is 5.10 Å². The highest BCUT2D eigenvalue weighted by Crippen LogP contribution is 2.16. The van der Waals surface area contributed by atoms with Gasteiger partial charge in [-0.15, -0.1) is 0 Å². The molecule has 2 heterocycles. The van der Waals surface area contributed by atoms with Crippen molar-refractivity contribution in [2.24, 2.45) is 0 Å². The summed E-state index contributed by atoms with van der Waals surface area (Å²) in [7, 11) is 0. The van der Waals surface area contributed by atoms with E-state index >= 15 is 0 Å². The Balaban J connectivity index is 1.67. The summed E-state index contributed by atoms with van der Waals surface area (Å²) < 4.78 is 2.02. The molecule has 1 aliphatic heterocycles. The van der Waals surface area contributed by atoms with Gasteiger partial charge in [-0.3, -0.25) is 4.68 Å². The van der Waals surface area contributed by atoms with Crippen molar-refractivity contribution in [2.75, 3.05) is 42.9 Å². The molecule has 0 radical (unpaired) electrons. The first-order valence-corrected chi connectivity index (χ1v) is 7.66. The molecule has 5 heteroatoms. The molecule has 1 aromatic heterocycles. The largest absolute Gasteiger partial charge is 0.385 e. The van der Waals surface area contributed by atoms with Crippen LogP contribution in [0.2, 0.25) is 0 Å². The number of aromatic nitrogens is 2. The van der Waals surface area contributed by atoms with E-state index in [1.807, 2.05) is 10.9 Å². The lowest BCUT2D eigenvalue weighted by Gasteiger charge is -2.27. The van der Waals surface area contributed by atoms with E-state index in [4.69, 9.17) is 0 Å². The highest BCUT2D eigenvalue weighted by atomic mass is 15.3. The molecular formula is C16H23N5. The second kappa shape index (κ2) is 6.63. The Hall–Kier alpha value is -2.01. The maximum absolute atomic E-state index is 4.50. The molecule has 1 saturated heterocycles. The van der Waals surface area contributed by atoms with E-state index in [9.17, 15) is 0 Å². The Labute approximate surface area is 126 Å². The van der Waals surface area contributed by atoms with E-state index in [-0.39, 0.29) is 0 Å². The molecule has 0 unspecified atom stereocenters. The zero-order valence-corrected chi connectivity index (χ0v) is 12.5. The summed E-state index contributed by atoms with van der Waals surface area (Å²) in [6.07, 6.45) is 4.12. The third-order valence-corrected chi connectivity index (χ3v) is 3.75. The number of anilines is 2. The second-order valence-corrected chi connectivity index (χ2v) is 5.36. The third-order valence-electron chi connectivity index (χ3n) is 3.75. The fourth-order valence-corrected chi connectivity index (χ4v) is 2.70. The first-order valence-electron chi connectivity index (χ1n) is 7.66. The molecule has 0 bridgehead atoms. The number of nitrogens with zero attached hydrogens (tertiary/aromatic N) is 3. The van der Waals surface area contributed by atoms with Gasteiger partial charge in [0, 0.05) is 44.6 Å². The Morgan fingerprint density at radius 2 is 2.14 bits per heavy atom. The molecule has 5 nitrogen and oxygen atoms in total. The summed E-state index contributed by atoms with van der Waals surface area (Å²) in [5.41, 5.74) is 3.66. The summed E-state index contributed by atoms with van der Waals surface area (Å²) in [6.45, 7) is 8.08. The lowest BCUT2D eigenvalue weighted by atomic mass is 10.2. The number of piperazine rings is 1. The van der Waals surface area contributed by atoms with Gasteiger partial charge in [0.05, 0.1) is 18.4 Å². The number of hydrogen-bond acceptors (Lipinski definition) is 4. The van der Waals surface area contributed by atoms with E-state index < -0.39 is 0 Å². The zero-order chi connectivity index (χ0) is 14.5. The van der Waals surface area contributed by atoms with Gasteiger partial charge in [-0.1, -0.05) is 12.1 Å². The molecule has 2 N–H and O–H groups in total. The maximum Gasteiger partial charge on any atom is 0.0753 e. The van der Waals surface area contributed by atoms with Crippen LogP contribution in [0.25, 0.3) is 0 Å². The highest BCUT2D eigenvalue weighted by molar-refractivity contribution is 5.46. The average Bonchev–Trinajstić information content (AvgIpc) is 2.97. The summed E-state index contributed by atoms with van der Waals surface area (Å²) in [5.74, 6) is 0. The van der Waals surface area contributed by atoms with Crippen LogP contribution in [0.15, 0.2) is 36.7 Å². The van der Waals surface area contributed by atoms with Gasteiger partial charge in [0.15, 0.2) is 0 Å². The third kappa shape index (κ3) is 3.55. The lowest BCUT2D eigenvalue weighted by molar-refractivity contribution is 0.589. The minimum atomic E-state index is 0.811. The molecule has 21 heavy (non-hydrogen) atoms. The maximum atomic E-state index is 4.50. The Kier molecular flexibility index (Phi) is 4.40. The van der Waals surface area contributed by atoms with Crippen LogP contribution in [-0.2, 0) is 6.54 Å². The SMILES string of the molecule is CCNc1cccc(Cn2cc(N3CCNCC3)cn2)c1. The minimum absolute atomic E-state index is 0.811. The summed E-state index contributed by atoms with van der Waals surface area (Å²) in [5, 5.41) is 11.2. The van der Waals surface area contributed by atoms with Crippen molar-refractivity contribution >= 4 is 11.4 Å². The van der Waals surface area contributed by atoms with Crippen LogP contribution >= 0.6 is 0 Å².